The van der Waals surface area contributed by atoms with E-state index in [0.29, 0.717) is 23.5 Å². The molecule has 1 amide bonds. The van der Waals surface area contributed by atoms with Gasteiger partial charge in [-0.15, -0.1) is 0 Å². The Labute approximate surface area is 104 Å². The molecule has 1 heterocycles. The molecular formula is C12H14N4O2. The lowest BCUT2D eigenvalue weighted by molar-refractivity contribution is 0.0947. The second-order valence-corrected chi connectivity index (χ2v) is 3.69. The van der Waals surface area contributed by atoms with Crippen molar-refractivity contribution in [2.45, 2.75) is 6.54 Å². The normalized spacial score (nSPS) is 10.1. The Balaban J connectivity index is 2.11. The monoisotopic (exact) mass is 246 g/mol. The number of methoxy groups -OCH3 is 1. The van der Waals surface area contributed by atoms with Crippen LogP contribution in [0.4, 0.5) is 5.69 Å². The first kappa shape index (κ1) is 12.0. The number of benzene rings is 1. The highest BCUT2D eigenvalue weighted by Gasteiger charge is 2.13. The van der Waals surface area contributed by atoms with Gasteiger partial charge in [0, 0.05) is 6.20 Å². The van der Waals surface area contributed by atoms with Crippen molar-refractivity contribution in [3.63, 3.8) is 0 Å². The van der Waals surface area contributed by atoms with Crippen LogP contribution >= 0.6 is 0 Å². The Morgan fingerprint density at radius 2 is 2.39 bits per heavy atom. The number of nitrogens with zero attached hydrogens (tertiary/aromatic N) is 1. The maximum absolute atomic E-state index is 12.0. The van der Waals surface area contributed by atoms with E-state index in [1.165, 1.54) is 7.11 Å². The van der Waals surface area contributed by atoms with Gasteiger partial charge in [0.15, 0.2) is 5.75 Å². The van der Waals surface area contributed by atoms with Gasteiger partial charge in [-0.05, 0) is 12.1 Å². The van der Waals surface area contributed by atoms with Crippen LogP contribution in [0, 0.1) is 0 Å². The zero-order chi connectivity index (χ0) is 13.0. The fourth-order valence-electron chi connectivity index (χ4n) is 1.61. The summed E-state index contributed by atoms with van der Waals surface area (Å²) < 4.78 is 5.13. The first-order chi connectivity index (χ1) is 8.72. The maximum Gasteiger partial charge on any atom is 0.255 e. The summed E-state index contributed by atoms with van der Waals surface area (Å²) in [6.45, 7) is 0.372. The van der Waals surface area contributed by atoms with Gasteiger partial charge >= 0.3 is 0 Å². The van der Waals surface area contributed by atoms with Gasteiger partial charge in [-0.1, -0.05) is 6.07 Å². The molecule has 0 spiro atoms. The van der Waals surface area contributed by atoms with Gasteiger partial charge in [0.1, 0.15) is 0 Å². The number of ether oxygens (including phenoxy) is 1. The molecule has 0 aliphatic rings. The minimum atomic E-state index is -0.242. The Morgan fingerprint density at radius 3 is 3.06 bits per heavy atom. The number of anilines is 1. The molecular weight excluding hydrogens is 232 g/mol. The number of para-hydroxylation sites is 1. The molecule has 0 atom stereocenters. The second kappa shape index (κ2) is 5.22. The molecule has 2 rings (SSSR count). The van der Waals surface area contributed by atoms with Crippen molar-refractivity contribution >= 4 is 11.6 Å². The third-order valence-corrected chi connectivity index (χ3v) is 2.49. The molecule has 0 aliphatic heterocycles. The Morgan fingerprint density at radius 1 is 1.56 bits per heavy atom. The largest absolute Gasteiger partial charge is 0.494 e. The molecule has 0 fully saturated rings. The number of imidazole rings is 1. The fourth-order valence-corrected chi connectivity index (χ4v) is 1.61. The molecule has 18 heavy (non-hydrogen) atoms. The molecule has 0 saturated carbocycles. The lowest BCUT2D eigenvalue weighted by Crippen LogP contribution is -2.23. The van der Waals surface area contributed by atoms with Crippen molar-refractivity contribution in [3.8, 4) is 5.75 Å². The zero-order valence-corrected chi connectivity index (χ0v) is 9.93. The summed E-state index contributed by atoms with van der Waals surface area (Å²) in [6, 6.07) is 5.06. The Kier molecular flexibility index (Phi) is 3.47. The number of H-pyrrole nitrogens is 1. The van der Waals surface area contributed by atoms with Crippen LogP contribution in [0.25, 0.3) is 0 Å². The molecule has 1 aromatic heterocycles. The van der Waals surface area contributed by atoms with Crippen molar-refractivity contribution in [1.82, 2.24) is 15.3 Å². The number of nitrogens with one attached hydrogen (secondary N) is 2. The van der Waals surface area contributed by atoms with Gasteiger partial charge in [0.05, 0.1) is 36.9 Å². The molecule has 0 radical (unpaired) electrons. The lowest BCUT2D eigenvalue weighted by atomic mass is 10.1. The minimum absolute atomic E-state index is 0.242. The first-order valence-electron chi connectivity index (χ1n) is 5.40. The highest BCUT2D eigenvalue weighted by Crippen LogP contribution is 2.25. The van der Waals surface area contributed by atoms with Crippen LogP contribution < -0.4 is 15.8 Å². The number of hydrogen-bond acceptors (Lipinski definition) is 4. The molecule has 2 aromatic rings. The van der Waals surface area contributed by atoms with Crippen LogP contribution in [0.5, 0.6) is 5.75 Å². The summed E-state index contributed by atoms with van der Waals surface area (Å²) in [5.41, 5.74) is 7.42. The van der Waals surface area contributed by atoms with Crippen molar-refractivity contribution in [1.29, 1.82) is 0 Å². The van der Waals surface area contributed by atoms with E-state index in [-0.39, 0.29) is 5.91 Å². The average molecular weight is 246 g/mol. The van der Waals surface area contributed by atoms with Gasteiger partial charge in [0.25, 0.3) is 5.91 Å². The van der Waals surface area contributed by atoms with E-state index >= 15 is 0 Å². The predicted octanol–water partition coefficient (Wildman–Crippen LogP) is 0.931. The van der Waals surface area contributed by atoms with Crippen molar-refractivity contribution < 1.29 is 9.53 Å². The first-order valence-corrected chi connectivity index (χ1v) is 5.40. The van der Waals surface area contributed by atoms with E-state index in [4.69, 9.17) is 10.5 Å². The van der Waals surface area contributed by atoms with E-state index in [2.05, 4.69) is 15.3 Å². The summed E-state index contributed by atoms with van der Waals surface area (Å²) in [4.78, 5) is 18.8. The third-order valence-electron chi connectivity index (χ3n) is 2.49. The van der Waals surface area contributed by atoms with Gasteiger partial charge in [-0.3, -0.25) is 4.79 Å². The number of nitrogens with two attached hydrogens (primary N) is 1. The number of nitrogen functional groups attached to an aromatic ring is 1. The van der Waals surface area contributed by atoms with E-state index in [9.17, 15) is 4.79 Å². The van der Waals surface area contributed by atoms with E-state index in [1.807, 2.05) is 0 Å². The number of rotatable bonds is 4. The number of aromatic nitrogens is 2. The van der Waals surface area contributed by atoms with E-state index in [0.717, 1.165) is 5.69 Å². The van der Waals surface area contributed by atoms with Crippen LogP contribution in [0.1, 0.15) is 16.1 Å². The third kappa shape index (κ3) is 2.42. The number of aromatic amines is 1. The molecule has 1 aromatic carbocycles. The van der Waals surface area contributed by atoms with Crippen LogP contribution in [0.2, 0.25) is 0 Å². The summed E-state index contributed by atoms with van der Waals surface area (Å²) in [5, 5.41) is 2.76. The zero-order valence-electron chi connectivity index (χ0n) is 9.93. The number of carbonyl (C=O) groups excluding carboxylic acids is 1. The summed E-state index contributed by atoms with van der Waals surface area (Å²) >= 11 is 0. The van der Waals surface area contributed by atoms with Crippen LogP contribution in [-0.2, 0) is 6.54 Å². The van der Waals surface area contributed by atoms with Crippen molar-refractivity contribution in [2.75, 3.05) is 12.8 Å². The quantitative estimate of drug-likeness (QED) is 0.700. The molecule has 0 bridgehead atoms. The van der Waals surface area contributed by atoms with Gasteiger partial charge in [-0.25, -0.2) is 4.98 Å². The van der Waals surface area contributed by atoms with Gasteiger partial charge < -0.3 is 20.8 Å². The van der Waals surface area contributed by atoms with Gasteiger partial charge in [0.2, 0.25) is 0 Å². The molecule has 0 unspecified atom stereocenters. The van der Waals surface area contributed by atoms with Crippen LogP contribution in [0.15, 0.2) is 30.7 Å². The standard InChI is InChI=1S/C12H14N4O2/c1-18-11-9(3-2-4-10(11)13)12(17)15-6-8-5-14-7-16-8/h2-5,7H,6,13H2,1H3,(H,14,16)(H,15,17). The van der Waals surface area contributed by atoms with E-state index in [1.54, 1.807) is 30.7 Å². The molecule has 6 heteroatoms. The van der Waals surface area contributed by atoms with Crippen molar-refractivity contribution in [2.24, 2.45) is 0 Å². The fraction of sp³-hybridized carbons (Fsp3) is 0.167. The second-order valence-electron chi connectivity index (χ2n) is 3.69. The molecule has 0 aliphatic carbocycles. The SMILES string of the molecule is COc1c(N)cccc1C(=O)NCc1cnc[nH]1. The molecule has 0 saturated heterocycles. The summed E-state index contributed by atoms with van der Waals surface area (Å²) in [7, 11) is 1.48. The average Bonchev–Trinajstić information content (AvgIpc) is 2.88. The van der Waals surface area contributed by atoms with Crippen molar-refractivity contribution in [3.05, 3.63) is 42.0 Å². The van der Waals surface area contributed by atoms with E-state index < -0.39 is 0 Å². The van der Waals surface area contributed by atoms with Crippen LogP contribution in [0.3, 0.4) is 0 Å². The Hall–Kier alpha value is -2.50. The summed E-state index contributed by atoms with van der Waals surface area (Å²) in [6.07, 6.45) is 3.21. The minimum Gasteiger partial charge on any atom is -0.494 e. The molecule has 94 valence electrons. The lowest BCUT2D eigenvalue weighted by Gasteiger charge is -2.10. The predicted molar refractivity (Wildman–Crippen MR) is 67.2 cm³/mol. The number of carbonyl (C=O) groups is 1. The maximum atomic E-state index is 12.0. The van der Waals surface area contributed by atoms with Gasteiger partial charge in [-0.2, -0.15) is 0 Å². The highest BCUT2D eigenvalue weighted by atomic mass is 16.5. The highest BCUT2D eigenvalue weighted by molar-refractivity contribution is 5.98. The molecule has 4 N–H and O–H groups in total. The smallest absolute Gasteiger partial charge is 0.255 e. The topological polar surface area (TPSA) is 93.0 Å². The number of hydrogen-bond donors (Lipinski definition) is 3. The molecule has 6 nitrogen and oxygen atoms in total. The Bertz CT molecular complexity index is 537. The summed E-state index contributed by atoms with van der Waals surface area (Å²) in [5.74, 6) is 0.147. The van der Waals surface area contributed by atoms with Crippen LogP contribution in [-0.4, -0.2) is 23.0 Å². The number of amides is 1.